The summed E-state index contributed by atoms with van der Waals surface area (Å²) < 4.78 is 38.7. The highest BCUT2D eigenvalue weighted by Crippen LogP contribution is 2.24. The van der Waals surface area contributed by atoms with Crippen LogP contribution in [0.4, 0.5) is 5.69 Å². The third kappa shape index (κ3) is 5.29. The standard InChI is InChI=1S/C22H25N3O5S/c1-14-10-11-15(2)18(12-14)31(27,28)25-17-9-7-6-8-16(17)20(26)29-13-19-23-21(24-30-19)22(3,4)5/h6-12,25H,13H2,1-5H3. The fraction of sp³-hybridized carbons (Fsp3) is 0.318. The third-order valence-corrected chi connectivity index (χ3v) is 6.00. The summed E-state index contributed by atoms with van der Waals surface area (Å²) >= 11 is 0. The van der Waals surface area contributed by atoms with E-state index in [2.05, 4.69) is 14.9 Å². The first-order valence-electron chi connectivity index (χ1n) is 9.66. The van der Waals surface area contributed by atoms with Crippen LogP contribution in [-0.2, 0) is 26.8 Å². The van der Waals surface area contributed by atoms with Gasteiger partial charge >= 0.3 is 5.97 Å². The van der Waals surface area contributed by atoms with E-state index in [1.807, 2.05) is 33.8 Å². The zero-order chi connectivity index (χ0) is 22.8. The molecule has 1 aromatic heterocycles. The molecule has 0 radical (unpaired) electrons. The van der Waals surface area contributed by atoms with E-state index in [1.165, 1.54) is 12.1 Å². The van der Waals surface area contributed by atoms with E-state index in [-0.39, 0.29) is 34.1 Å². The van der Waals surface area contributed by atoms with Gasteiger partial charge in [-0.15, -0.1) is 0 Å². The van der Waals surface area contributed by atoms with Crippen LogP contribution in [0.25, 0.3) is 0 Å². The molecule has 0 aliphatic heterocycles. The van der Waals surface area contributed by atoms with Gasteiger partial charge in [-0.3, -0.25) is 4.72 Å². The molecule has 3 rings (SSSR count). The van der Waals surface area contributed by atoms with Gasteiger partial charge in [0, 0.05) is 5.41 Å². The normalized spacial score (nSPS) is 11.9. The number of carbonyl (C=O) groups is 1. The van der Waals surface area contributed by atoms with Gasteiger partial charge in [-0.25, -0.2) is 13.2 Å². The van der Waals surface area contributed by atoms with Crippen LogP contribution < -0.4 is 4.72 Å². The molecule has 2 aromatic carbocycles. The molecule has 1 N–H and O–H groups in total. The Morgan fingerprint density at radius 2 is 1.84 bits per heavy atom. The Labute approximate surface area is 181 Å². The summed E-state index contributed by atoms with van der Waals surface area (Å²) in [5.41, 5.74) is 1.31. The van der Waals surface area contributed by atoms with E-state index >= 15 is 0 Å². The summed E-state index contributed by atoms with van der Waals surface area (Å²) in [6, 6.07) is 11.4. The summed E-state index contributed by atoms with van der Waals surface area (Å²) in [5, 5.41) is 3.88. The van der Waals surface area contributed by atoms with Crippen LogP contribution in [-0.4, -0.2) is 24.5 Å². The Hall–Kier alpha value is -3.20. The predicted octanol–water partition coefficient (Wildman–Crippen LogP) is 4.14. The van der Waals surface area contributed by atoms with Gasteiger partial charge in [0.15, 0.2) is 12.4 Å². The van der Waals surface area contributed by atoms with Gasteiger partial charge in [0.2, 0.25) is 0 Å². The minimum absolute atomic E-state index is 0.0759. The summed E-state index contributed by atoms with van der Waals surface area (Å²) in [5.74, 6) is -0.0540. The number of aryl methyl sites for hydroxylation is 2. The maximum atomic E-state index is 12.9. The van der Waals surface area contributed by atoms with Crippen LogP contribution in [0, 0.1) is 13.8 Å². The molecule has 3 aromatic rings. The molecule has 31 heavy (non-hydrogen) atoms. The number of ether oxygens (including phenoxy) is 1. The number of para-hydroxylation sites is 1. The molecule has 0 amide bonds. The summed E-state index contributed by atoms with van der Waals surface area (Å²) in [6.07, 6.45) is 0. The SMILES string of the molecule is Cc1ccc(C)c(S(=O)(=O)Nc2ccccc2C(=O)OCc2nc(C(C)(C)C)no2)c1. The van der Waals surface area contributed by atoms with E-state index in [1.54, 1.807) is 31.2 Å². The van der Waals surface area contributed by atoms with Crippen LogP contribution in [0.2, 0.25) is 0 Å². The van der Waals surface area contributed by atoms with Crippen molar-refractivity contribution in [2.75, 3.05) is 4.72 Å². The predicted molar refractivity (Wildman–Crippen MR) is 115 cm³/mol. The molecule has 0 saturated heterocycles. The van der Waals surface area contributed by atoms with Gasteiger partial charge < -0.3 is 9.26 Å². The number of hydrogen-bond donors (Lipinski definition) is 1. The van der Waals surface area contributed by atoms with Crippen molar-refractivity contribution in [1.82, 2.24) is 10.1 Å². The van der Waals surface area contributed by atoms with Gasteiger partial charge in [-0.2, -0.15) is 4.98 Å². The van der Waals surface area contributed by atoms with Crippen molar-refractivity contribution in [1.29, 1.82) is 0 Å². The lowest BCUT2D eigenvalue weighted by Crippen LogP contribution is -2.17. The molecule has 0 bridgehead atoms. The summed E-state index contributed by atoms with van der Waals surface area (Å²) in [7, 11) is -3.90. The van der Waals surface area contributed by atoms with Crippen molar-refractivity contribution in [3.8, 4) is 0 Å². The topological polar surface area (TPSA) is 111 Å². The monoisotopic (exact) mass is 443 g/mol. The number of nitrogens with one attached hydrogen (secondary N) is 1. The molecule has 0 fully saturated rings. The lowest BCUT2D eigenvalue weighted by Gasteiger charge is -2.14. The van der Waals surface area contributed by atoms with E-state index < -0.39 is 16.0 Å². The van der Waals surface area contributed by atoms with E-state index in [9.17, 15) is 13.2 Å². The number of aromatic nitrogens is 2. The first-order chi connectivity index (χ1) is 14.5. The maximum Gasteiger partial charge on any atom is 0.340 e. The number of anilines is 1. The molecule has 0 spiro atoms. The van der Waals surface area contributed by atoms with Crippen molar-refractivity contribution in [2.45, 2.75) is 51.5 Å². The number of sulfonamides is 1. The second-order valence-electron chi connectivity index (χ2n) is 8.26. The number of esters is 1. The number of benzene rings is 2. The average molecular weight is 444 g/mol. The first kappa shape index (κ1) is 22.5. The van der Waals surface area contributed by atoms with Crippen molar-refractivity contribution in [3.05, 3.63) is 70.9 Å². The minimum atomic E-state index is -3.90. The maximum absolute atomic E-state index is 12.9. The molecular formula is C22H25N3O5S. The van der Waals surface area contributed by atoms with Crippen LogP contribution >= 0.6 is 0 Å². The van der Waals surface area contributed by atoms with E-state index in [0.717, 1.165) is 5.56 Å². The fourth-order valence-electron chi connectivity index (χ4n) is 2.77. The van der Waals surface area contributed by atoms with Crippen molar-refractivity contribution >= 4 is 21.7 Å². The fourth-order valence-corrected chi connectivity index (χ4v) is 4.18. The molecule has 8 nitrogen and oxygen atoms in total. The zero-order valence-electron chi connectivity index (χ0n) is 18.1. The Morgan fingerprint density at radius 1 is 1.13 bits per heavy atom. The van der Waals surface area contributed by atoms with Crippen LogP contribution in [0.5, 0.6) is 0 Å². The van der Waals surface area contributed by atoms with Crippen LogP contribution in [0.15, 0.2) is 51.9 Å². The number of carbonyl (C=O) groups excluding carboxylic acids is 1. The highest BCUT2D eigenvalue weighted by molar-refractivity contribution is 7.92. The highest BCUT2D eigenvalue weighted by atomic mass is 32.2. The van der Waals surface area contributed by atoms with Gasteiger partial charge in [0.1, 0.15) is 0 Å². The molecule has 0 aliphatic carbocycles. The van der Waals surface area contributed by atoms with E-state index in [4.69, 9.17) is 9.26 Å². The second-order valence-corrected chi connectivity index (χ2v) is 9.91. The van der Waals surface area contributed by atoms with Gasteiger partial charge in [0.05, 0.1) is 16.1 Å². The smallest absolute Gasteiger partial charge is 0.340 e. The summed E-state index contributed by atoms with van der Waals surface area (Å²) in [6.45, 7) is 9.11. The molecule has 0 saturated carbocycles. The van der Waals surface area contributed by atoms with Crippen molar-refractivity contribution < 1.29 is 22.5 Å². The Morgan fingerprint density at radius 3 is 2.52 bits per heavy atom. The zero-order valence-corrected chi connectivity index (χ0v) is 18.9. The molecule has 1 heterocycles. The minimum Gasteiger partial charge on any atom is -0.452 e. The average Bonchev–Trinajstić information content (AvgIpc) is 3.17. The Bertz CT molecular complexity index is 1210. The number of hydrogen-bond acceptors (Lipinski definition) is 7. The van der Waals surface area contributed by atoms with Crippen LogP contribution in [0.3, 0.4) is 0 Å². The number of nitrogens with zero attached hydrogens (tertiary/aromatic N) is 2. The van der Waals surface area contributed by atoms with Crippen LogP contribution in [0.1, 0.15) is 54.0 Å². The quantitative estimate of drug-likeness (QED) is 0.570. The molecular weight excluding hydrogens is 418 g/mol. The molecule has 9 heteroatoms. The van der Waals surface area contributed by atoms with Crippen molar-refractivity contribution in [3.63, 3.8) is 0 Å². The molecule has 0 aliphatic rings. The first-order valence-corrected chi connectivity index (χ1v) is 11.1. The lowest BCUT2D eigenvalue weighted by atomic mass is 9.96. The second kappa shape index (κ2) is 8.50. The lowest BCUT2D eigenvalue weighted by molar-refractivity contribution is 0.0431. The molecule has 0 atom stereocenters. The summed E-state index contributed by atoms with van der Waals surface area (Å²) in [4.78, 5) is 17.0. The van der Waals surface area contributed by atoms with Gasteiger partial charge in [0.25, 0.3) is 15.9 Å². The molecule has 164 valence electrons. The molecule has 0 unspecified atom stereocenters. The Kier molecular flexibility index (Phi) is 6.17. The third-order valence-electron chi connectivity index (χ3n) is 4.49. The Balaban J connectivity index is 1.79. The largest absolute Gasteiger partial charge is 0.452 e. The van der Waals surface area contributed by atoms with Gasteiger partial charge in [-0.05, 0) is 43.2 Å². The van der Waals surface area contributed by atoms with E-state index in [0.29, 0.717) is 11.4 Å². The number of rotatable bonds is 6. The highest BCUT2D eigenvalue weighted by Gasteiger charge is 2.23. The van der Waals surface area contributed by atoms with Crippen molar-refractivity contribution in [2.24, 2.45) is 0 Å². The van der Waals surface area contributed by atoms with Gasteiger partial charge in [-0.1, -0.05) is 50.2 Å².